The van der Waals surface area contributed by atoms with Gasteiger partial charge in [-0.15, -0.1) is 5.92 Å². The molecule has 3 heteroatoms. The van der Waals surface area contributed by atoms with E-state index in [1.165, 1.54) is 5.56 Å². The Hall–Kier alpha value is -0.980. The largest absolute Gasteiger partial charge is 0.497 e. The van der Waals surface area contributed by atoms with Gasteiger partial charge in [-0.2, -0.15) is 0 Å². The first-order chi connectivity index (χ1) is 7.27. The van der Waals surface area contributed by atoms with Crippen LogP contribution in [0.4, 0.5) is 0 Å². The number of hydrogen-bond acceptors (Lipinski definition) is 2. The minimum atomic E-state index is -0.0702. The summed E-state index contributed by atoms with van der Waals surface area (Å²) in [6.07, 6.45) is 1.59. The second-order valence-corrected chi connectivity index (χ2v) is 3.82. The predicted octanol–water partition coefficient (Wildman–Crippen LogP) is 2.39. The van der Waals surface area contributed by atoms with Gasteiger partial charge in [0.25, 0.3) is 0 Å². The van der Waals surface area contributed by atoms with E-state index in [4.69, 9.17) is 9.84 Å². The van der Waals surface area contributed by atoms with Crippen LogP contribution in [-0.2, 0) is 6.42 Å². The van der Waals surface area contributed by atoms with Crippen molar-refractivity contribution >= 4 is 15.9 Å². The molecule has 2 nitrogen and oxygen atoms in total. The molecule has 1 rings (SSSR count). The maximum absolute atomic E-state index is 8.50. The van der Waals surface area contributed by atoms with Crippen molar-refractivity contribution in [1.29, 1.82) is 0 Å². The Bertz CT molecular complexity index is 377. The van der Waals surface area contributed by atoms with Crippen LogP contribution in [0.1, 0.15) is 12.0 Å². The minimum Gasteiger partial charge on any atom is -0.497 e. The summed E-state index contributed by atoms with van der Waals surface area (Å²) in [5, 5.41) is 8.50. The summed E-state index contributed by atoms with van der Waals surface area (Å²) >= 11 is 3.48. The van der Waals surface area contributed by atoms with Gasteiger partial charge in [0.05, 0.1) is 7.11 Å². The number of rotatable bonds is 3. The Labute approximate surface area is 98.4 Å². The second kappa shape index (κ2) is 6.49. The molecule has 0 amide bonds. The number of halogens is 1. The molecule has 0 bridgehead atoms. The fraction of sp³-hybridized carbons (Fsp3) is 0.333. The van der Waals surface area contributed by atoms with Crippen LogP contribution in [0.2, 0.25) is 0 Å². The maximum atomic E-state index is 8.50. The van der Waals surface area contributed by atoms with Gasteiger partial charge in [0.1, 0.15) is 12.4 Å². The molecular formula is C12H13BrO2. The molecule has 0 unspecified atom stereocenters. The highest BCUT2D eigenvalue weighted by molar-refractivity contribution is 9.10. The lowest BCUT2D eigenvalue weighted by Gasteiger charge is -2.05. The van der Waals surface area contributed by atoms with Crippen LogP contribution >= 0.6 is 15.9 Å². The number of aliphatic hydroxyl groups excluding tert-OH is 1. The molecule has 1 aromatic carbocycles. The van der Waals surface area contributed by atoms with Gasteiger partial charge >= 0.3 is 0 Å². The van der Waals surface area contributed by atoms with E-state index in [1.807, 2.05) is 18.2 Å². The summed E-state index contributed by atoms with van der Waals surface area (Å²) in [5.41, 5.74) is 1.17. The molecule has 15 heavy (non-hydrogen) atoms. The van der Waals surface area contributed by atoms with Crippen LogP contribution in [0.15, 0.2) is 22.7 Å². The van der Waals surface area contributed by atoms with E-state index in [1.54, 1.807) is 7.11 Å². The molecule has 0 saturated heterocycles. The first-order valence-electron chi connectivity index (χ1n) is 4.67. The van der Waals surface area contributed by atoms with Crippen LogP contribution < -0.4 is 4.74 Å². The molecule has 0 aromatic heterocycles. The van der Waals surface area contributed by atoms with Crippen molar-refractivity contribution in [2.45, 2.75) is 12.8 Å². The van der Waals surface area contributed by atoms with E-state index in [-0.39, 0.29) is 6.61 Å². The van der Waals surface area contributed by atoms with Crippen molar-refractivity contribution in [2.24, 2.45) is 0 Å². The summed E-state index contributed by atoms with van der Waals surface area (Å²) in [5.74, 6) is 6.36. The van der Waals surface area contributed by atoms with Gasteiger partial charge in [0.2, 0.25) is 0 Å². The summed E-state index contributed by atoms with van der Waals surface area (Å²) in [4.78, 5) is 0. The normalized spacial score (nSPS) is 9.27. The van der Waals surface area contributed by atoms with Crippen LogP contribution in [0.3, 0.4) is 0 Å². The lowest BCUT2D eigenvalue weighted by atomic mass is 10.1. The van der Waals surface area contributed by atoms with Gasteiger partial charge in [-0.25, -0.2) is 0 Å². The number of ether oxygens (including phenoxy) is 1. The number of aryl methyl sites for hydroxylation is 1. The molecule has 0 saturated carbocycles. The Balaban J connectivity index is 2.66. The summed E-state index contributed by atoms with van der Waals surface area (Å²) in [6.45, 7) is -0.0702. The molecule has 1 aromatic rings. The third-order valence-electron chi connectivity index (χ3n) is 1.98. The van der Waals surface area contributed by atoms with Crippen molar-refractivity contribution in [2.75, 3.05) is 13.7 Å². The smallest absolute Gasteiger partial charge is 0.119 e. The zero-order valence-corrected chi connectivity index (χ0v) is 10.2. The van der Waals surface area contributed by atoms with E-state index in [0.29, 0.717) is 0 Å². The zero-order valence-electron chi connectivity index (χ0n) is 8.59. The molecule has 0 heterocycles. The quantitative estimate of drug-likeness (QED) is 0.854. The van der Waals surface area contributed by atoms with Gasteiger partial charge < -0.3 is 9.84 Å². The van der Waals surface area contributed by atoms with Gasteiger partial charge in [-0.3, -0.25) is 0 Å². The highest BCUT2D eigenvalue weighted by atomic mass is 79.9. The van der Waals surface area contributed by atoms with Crippen LogP contribution in [-0.4, -0.2) is 18.8 Å². The summed E-state index contributed by atoms with van der Waals surface area (Å²) in [7, 11) is 1.65. The molecule has 0 aliphatic rings. The molecule has 0 aliphatic heterocycles. The topological polar surface area (TPSA) is 29.5 Å². The monoisotopic (exact) mass is 268 g/mol. The average molecular weight is 269 g/mol. The maximum Gasteiger partial charge on any atom is 0.119 e. The van der Waals surface area contributed by atoms with Crippen molar-refractivity contribution in [3.05, 3.63) is 28.2 Å². The van der Waals surface area contributed by atoms with Gasteiger partial charge in [0.15, 0.2) is 0 Å². The predicted molar refractivity (Wildman–Crippen MR) is 63.9 cm³/mol. The average Bonchev–Trinajstić information content (AvgIpc) is 2.26. The van der Waals surface area contributed by atoms with Crippen LogP contribution in [0.25, 0.3) is 0 Å². The van der Waals surface area contributed by atoms with E-state index in [2.05, 4.69) is 27.8 Å². The lowest BCUT2D eigenvalue weighted by molar-refractivity contribution is 0.350. The van der Waals surface area contributed by atoms with Crippen molar-refractivity contribution < 1.29 is 9.84 Å². The van der Waals surface area contributed by atoms with Crippen molar-refractivity contribution in [1.82, 2.24) is 0 Å². The third-order valence-corrected chi connectivity index (χ3v) is 2.75. The van der Waals surface area contributed by atoms with Gasteiger partial charge in [0, 0.05) is 10.9 Å². The second-order valence-electron chi connectivity index (χ2n) is 2.97. The third kappa shape index (κ3) is 3.94. The van der Waals surface area contributed by atoms with E-state index >= 15 is 0 Å². The number of hydrogen-bond donors (Lipinski definition) is 1. The highest BCUT2D eigenvalue weighted by Gasteiger charge is 2.00. The van der Waals surface area contributed by atoms with Gasteiger partial charge in [-0.05, 0) is 30.2 Å². The molecule has 0 fully saturated rings. The molecule has 1 N–H and O–H groups in total. The first-order valence-corrected chi connectivity index (χ1v) is 5.46. The van der Waals surface area contributed by atoms with Gasteiger partial charge in [-0.1, -0.05) is 21.9 Å². The molecule has 80 valence electrons. The molecule has 0 atom stereocenters. The van der Waals surface area contributed by atoms with E-state index < -0.39 is 0 Å². The zero-order chi connectivity index (χ0) is 11.1. The molecular weight excluding hydrogens is 256 g/mol. The summed E-state index contributed by atoms with van der Waals surface area (Å²) in [6, 6.07) is 5.87. The van der Waals surface area contributed by atoms with Crippen molar-refractivity contribution in [3.8, 4) is 17.6 Å². The SMILES string of the molecule is COc1ccc(Br)c(CCC#CCO)c1. The summed E-state index contributed by atoms with van der Waals surface area (Å²) < 4.78 is 6.20. The Morgan fingerprint density at radius 3 is 2.87 bits per heavy atom. The highest BCUT2D eigenvalue weighted by Crippen LogP contribution is 2.23. The standard InChI is InChI=1S/C12H13BrO2/c1-15-11-6-7-12(13)10(9-11)5-3-2-4-8-14/h6-7,9,14H,3,5,8H2,1H3. The number of methoxy groups -OCH3 is 1. The van der Waals surface area contributed by atoms with E-state index in [0.717, 1.165) is 23.1 Å². The molecule has 0 aliphatic carbocycles. The Morgan fingerprint density at radius 2 is 2.20 bits per heavy atom. The van der Waals surface area contributed by atoms with Crippen LogP contribution in [0.5, 0.6) is 5.75 Å². The fourth-order valence-corrected chi connectivity index (χ4v) is 1.66. The molecule has 0 radical (unpaired) electrons. The minimum absolute atomic E-state index is 0.0702. The Kier molecular flexibility index (Phi) is 5.23. The van der Waals surface area contributed by atoms with Crippen LogP contribution in [0, 0.1) is 11.8 Å². The first kappa shape index (κ1) is 12.1. The fourth-order valence-electron chi connectivity index (χ4n) is 1.21. The van der Waals surface area contributed by atoms with E-state index in [9.17, 15) is 0 Å². The van der Waals surface area contributed by atoms with Crippen molar-refractivity contribution in [3.63, 3.8) is 0 Å². The number of aliphatic hydroxyl groups is 1. The molecule has 0 spiro atoms. The Morgan fingerprint density at radius 1 is 1.40 bits per heavy atom. The number of benzene rings is 1. The lowest BCUT2D eigenvalue weighted by Crippen LogP contribution is -1.89.